The van der Waals surface area contributed by atoms with E-state index in [0.29, 0.717) is 23.8 Å². The lowest BCUT2D eigenvalue weighted by molar-refractivity contribution is 0.0951. The second-order valence-electron chi connectivity index (χ2n) is 3.39. The summed E-state index contributed by atoms with van der Waals surface area (Å²) in [4.78, 5) is 15.5. The van der Waals surface area contributed by atoms with Gasteiger partial charge < -0.3 is 5.32 Å². The van der Waals surface area contributed by atoms with Crippen molar-refractivity contribution in [2.45, 2.75) is 6.54 Å². The molecule has 17 heavy (non-hydrogen) atoms. The highest BCUT2D eigenvalue weighted by atomic mass is 35.5. The first kappa shape index (κ1) is 11.6. The Hall–Kier alpha value is -1.88. The maximum Gasteiger partial charge on any atom is 0.252 e. The van der Waals surface area contributed by atoms with Crippen LogP contribution >= 0.6 is 11.6 Å². The smallest absolute Gasteiger partial charge is 0.252 e. The molecule has 0 bridgehead atoms. The fourth-order valence-electron chi connectivity index (χ4n) is 1.33. The normalized spacial score (nSPS) is 10.2. The summed E-state index contributed by atoms with van der Waals surface area (Å²) in [6, 6.07) is 5.06. The van der Waals surface area contributed by atoms with Crippen molar-refractivity contribution in [3.63, 3.8) is 0 Å². The van der Waals surface area contributed by atoms with Crippen molar-refractivity contribution < 1.29 is 4.79 Å². The van der Waals surface area contributed by atoms with E-state index in [4.69, 9.17) is 11.6 Å². The van der Waals surface area contributed by atoms with Crippen LogP contribution in [0.25, 0.3) is 0 Å². The Kier molecular flexibility index (Phi) is 3.72. The molecule has 0 aliphatic heterocycles. The van der Waals surface area contributed by atoms with Gasteiger partial charge in [0.2, 0.25) is 0 Å². The van der Waals surface area contributed by atoms with E-state index < -0.39 is 0 Å². The topological polar surface area (TPSA) is 59.8 Å². The SMILES string of the molecule is O=C(NCCn1cccn1)c1ccc(Cl)nc1. The number of rotatable bonds is 4. The third kappa shape index (κ3) is 3.29. The van der Waals surface area contributed by atoms with Crippen molar-refractivity contribution in [3.05, 3.63) is 47.5 Å². The molecule has 0 saturated heterocycles. The van der Waals surface area contributed by atoms with Crippen LogP contribution in [-0.4, -0.2) is 27.2 Å². The molecule has 0 radical (unpaired) electrons. The van der Waals surface area contributed by atoms with Crippen LogP contribution in [-0.2, 0) is 6.54 Å². The van der Waals surface area contributed by atoms with Crippen molar-refractivity contribution in [1.29, 1.82) is 0 Å². The first-order valence-corrected chi connectivity index (χ1v) is 5.51. The number of halogens is 1. The van der Waals surface area contributed by atoms with Gasteiger partial charge in [0.15, 0.2) is 0 Å². The lowest BCUT2D eigenvalue weighted by Gasteiger charge is -2.05. The van der Waals surface area contributed by atoms with Gasteiger partial charge in [-0.25, -0.2) is 4.98 Å². The number of aromatic nitrogens is 3. The van der Waals surface area contributed by atoms with Gasteiger partial charge in [-0.2, -0.15) is 5.10 Å². The van der Waals surface area contributed by atoms with Crippen molar-refractivity contribution in [2.24, 2.45) is 0 Å². The number of carbonyl (C=O) groups is 1. The fourth-order valence-corrected chi connectivity index (χ4v) is 1.44. The number of carbonyl (C=O) groups excluding carboxylic acids is 1. The Balaban J connectivity index is 1.83. The molecule has 2 aromatic heterocycles. The largest absolute Gasteiger partial charge is 0.350 e. The number of hydrogen-bond donors (Lipinski definition) is 1. The number of amides is 1. The number of nitrogens with one attached hydrogen (secondary N) is 1. The van der Waals surface area contributed by atoms with Crippen molar-refractivity contribution in [1.82, 2.24) is 20.1 Å². The average Bonchev–Trinajstić information content (AvgIpc) is 2.83. The predicted molar refractivity (Wildman–Crippen MR) is 63.8 cm³/mol. The van der Waals surface area contributed by atoms with Gasteiger partial charge in [0.25, 0.3) is 5.91 Å². The molecule has 0 aliphatic carbocycles. The maximum atomic E-state index is 11.7. The Morgan fingerprint density at radius 2 is 2.35 bits per heavy atom. The van der Waals surface area contributed by atoms with Gasteiger partial charge in [-0.3, -0.25) is 9.48 Å². The molecular formula is C11H11ClN4O. The minimum Gasteiger partial charge on any atom is -0.350 e. The van der Waals surface area contributed by atoms with E-state index in [9.17, 15) is 4.79 Å². The van der Waals surface area contributed by atoms with Gasteiger partial charge in [0.1, 0.15) is 5.15 Å². The number of pyridine rings is 1. The molecule has 1 N–H and O–H groups in total. The molecule has 0 spiro atoms. The third-order valence-electron chi connectivity index (χ3n) is 2.18. The van der Waals surface area contributed by atoms with Crippen molar-refractivity contribution in [2.75, 3.05) is 6.54 Å². The van der Waals surface area contributed by atoms with Crippen LogP contribution in [0.4, 0.5) is 0 Å². The first-order valence-electron chi connectivity index (χ1n) is 5.13. The van der Waals surface area contributed by atoms with E-state index in [1.165, 1.54) is 6.20 Å². The fraction of sp³-hybridized carbons (Fsp3) is 0.182. The Morgan fingerprint density at radius 3 is 3.00 bits per heavy atom. The van der Waals surface area contributed by atoms with E-state index in [1.54, 1.807) is 23.0 Å². The molecule has 5 nitrogen and oxygen atoms in total. The van der Waals surface area contributed by atoms with Crippen LogP contribution in [0.15, 0.2) is 36.8 Å². The van der Waals surface area contributed by atoms with Gasteiger partial charge in [-0.1, -0.05) is 11.6 Å². The second kappa shape index (κ2) is 5.45. The molecule has 2 aromatic rings. The zero-order valence-corrected chi connectivity index (χ0v) is 9.76. The van der Waals surface area contributed by atoms with Crippen LogP contribution < -0.4 is 5.32 Å². The highest BCUT2D eigenvalue weighted by Crippen LogP contribution is 2.04. The zero-order chi connectivity index (χ0) is 12.1. The number of nitrogens with zero attached hydrogens (tertiary/aromatic N) is 3. The summed E-state index contributed by atoms with van der Waals surface area (Å²) in [7, 11) is 0. The van der Waals surface area contributed by atoms with Crippen LogP contribution in [0.5, 0.6) is 0 Å². The summed E-state index contributed by atoms with van der Waals surface area (Å²) in [5.41, 5.74) is 0.495. The lowest BCUT2D eigenvalue weighted by atomic mass is 10.3. The minimum atomic E-state index is -0.165. The van der Waals surface area contributed by atoms with Gasteiger partial charge in [-0.15, -0.1) is 0 Å². The highest BCUT2D eigenvalue weighted by Gasteiger charge is 2.04. The van der Waals surface area contributed by atoms with Crippen LogP contribution in [0.1, 0.15) is 10.4 Å². The Morgan fingerprint density at radius 1 is 1.47 bits per heavy atom. The van der Waals surface area contributed by atoms with Gasteiger partial charge in [0.05, 0.1) is 12.1 Å². The van der Waals surface area contributed by atoms with Crippen LogP contribution in [0.3, 0.4) is 0 Å². The molecule has 2 heterocycles. The summed E-state index contributed by atoms with van der Waals surface area (Å²) in [6.07, 6.45) is 4.99. The van der Waals surface area contributed by atoms with Gasteiger partial charge in [-0.05, 0) is 18.2 Å². The maximum absolute atomic E-state index is 11.7. The van der Waals surface area contributed by atoms with Crippen molar-refractivity contribution >= 4 is 17.5 Å². The van der Waals surface area contributed by atoms with Crippen molar-refractivity contribution in [3.8, 4) is 0 Å². The molecule has 0 aromatic carbocycles. The summed E-state index contributed by atoms with van der Waals surface area (Å²) < 4.78 is 1.75. The summed E-state index contributed by atoms with van der Waals surface area (Å²) in [5.74, 6) is -0.165. The molecule has 0 aliphatic rings. The highest BCUT2D eigenvalue weighted by molar-refractivity contribution is 6.29. The lowest BCUT2D eigenvalue weighted by Crippen LogP contribution is -2.27. The molecule has 88 valence electrons. The zero-order valence-electron chi connectivity index (χ0n) is 9.01. The predicted octanol–water partition coefficient (Wildman–Crippen LogP) is 1.36. The standard InChI is InChI=1S/C11H11ClN4O/c12-10-3-2-9(8-14-10)11(17)13-5-7-16-6-1-4-15-16/h1-4,6,8H,5,7H2,(H,13,17). The van der Waals surface area contributed by atoms with E-state index in [2.05, 4.69) is 15.4 Å². The van der Waals surface area contributed by atoms with E-state index in [-0.39, 0.29) is 5.91 Å². The molecule has 2 rings (SSSR count). The second-order valence-corrected chi connectivity index (χ2v) is 3.78. The first-order chi connectivity index (χ1) is 8.25. The van der Waals surface area contributed by atoms with E-state index in [1.807, 2.05) is 12.3 Å². The average molecular weight is 251 g/mol. The Bertz CT molecular complexity index is 481. The van der Waals surface area contributed by atoms with Crippen LogP contribution in [0.2, 0.25) is 5.15 Å². The third-order valence-corrected chi connectivity index (χ3v) is 2.40. The molecule has 0 fully saturated rings. The quantitative estimate of drug-likeness (QED) is 0.834. The Labute approximate surface area is 103 Å². The molecule has 6 heteroatoms. The molecular weight excluding hydrogens is 240 g/mol. The molecule has 0 saturated carbocycles. The molecule has 1 amide bonds. The summed E-state index contributed by atoms with van der Waals surface area (Å²) in [5, 5.41) is 7.18. The minimum absolute atomic E-state index is 0.165. The monoisotopic (exact) mass is 250 g/mol. The summed E-state index contributed by atoms with van der Waals surface area (Å²) in [6.45, 7) is 1.16. The molecule has 0 unspecified atom stereocenters. The van der Waals surface area contributed by atoms with Gasteiger partial charge in [0, 0.05) is 25.1 Å². The molecule has 0 atom stereocenters. The van der Waals surface area contributed by atoms with Crippen LogP contribution in [0, 0.1) is 0 Å². The van der Waals surface area contributed by atoms with Gasteiger partial charge >= 0.3 is 0 Å². The number of hydrogen-bond acceptors (Lipinski definition) is 3. The summed E-state index contributed by atoms with van der Waals surface area (Å²) >= 11 is 5.63. The van der Waals surface area contributed by atoms with E-state index in [0.717, 1.165) is 0 Å². The van der Waals surface area contributed by atoms with E-state index >= 15 is 0 Å².